The number of nitrogens with one attached hydrogen (secondary N) is 3. The first-order valence-corrected chi connectivity index (χ1v) is 21.6. The minimum atomic E-state index is -0.374. The van der Waals surface area contributed by atoms with Crippen molar-refractivity contribution in [1.82, 2.24) is 25.4 Å². The second kappa shape index (κ2) is 24.7. The number of carbonyl (C=O) groups excluding carboxylic acids is 4. The molecular formula is C48H63N7O7. The molecule has 1 aliphatic carbocycles. The minimum absolute atomic E-state index is 0.0661. The van der Waals surface area contributed by atoms with Gasteiger partial charge in [-0.15, -0.1) is 0 Å². The van der Waals surface area contributed by atoms with Crippen LogP contribution in [0.1, 0.15) is 81.9 Å². The number of aromatic nitrogens is 1. The fourth-order valence-electron chi connectivity index (χ4n) is 7.31. The Kier molecular flexibility index (Phi) is 18.9. The summed E-state index contributed by atoms with van der Waals surface area (Å²) in [5.74, 6) is -0.825. The van der Waals surface area contributed by atoms with Gasteiger partial charge in [0.05, 0.1) is 57.1 Å². The molecule has 3 aromatic carbocycles. The van der Waals surface area contributed by atoms with Crippen LogP contribution < -0.4 is 20.9 Å². The molecule has 0 aliphatic heterocycles. The Bertz CT molecular complexity index is 2090. The molecule has 5 rings (SSSR count). The number of nitrogens with zero attached hydrogens (tertiary/aromatic N) is 4. The fraction of sp³-hybridized carbons (Fsp3) is 0.438. The predicted molar refractivity (Wildman–Crippen MR) is 243 cm³/mol. The second-order valence-corrected chi connectivity index (χ2v) is 15.3. The van der Waals surface area contributed by atoms with E-state index in [1.54, 1.807) is 54.5 Å². The van der Waals surface area contributed by atoms with Crippen molar-refractivity contribution < 1.29 is 33.4 Å². The van der Waals surface area contributed by atoms with E-state index in [0.717, 1.165) is 43.6 Å². The SMILES string of the molecule is CCN(CC)c1ccc(NC(=O)c2cccc(C(=O)N(C)CCN(C)CCOCCOCCOCCNC(C)=O)c2)c(-c2cc(C(=O)N[C@H]3CCCc4ccccc43)ccn2)c1. The predicted octanol–water partition coefficient (Wildman–Crippen LogP) is 5.84. The average Bonchev–Trinajstić information content (AvgIpc) is 3.29. The monoisotopic (exact) mass is 849 g/mol. The van der Waals surface area contributed by atoms with Gasteiger partial charge in [-0.2, -0.15) is 0 Å². The zero-order valence-electron chi connectivity index (χ0n) is 36.9. The lowest BCUT2D eigenvalue weighted by Gasteiger charge is -2.26. The maximum atomic E-state index is 13.9. The van der Waals surface area contributed by atoms with Crippen LogP contribution in [0, 0.1) is 0 Å². The summed E-state index contributed by atoms with van der Waals surface area (Å²) in [5.41, 5.74) is 6.38. The van der Waals surface area contributed by atoms with Crippen LogP contribution in [-0.4, -0.2) is 131 Å². The molecule has 332 valence electrons. The Balaban J connectivity index is 1.16. The van der Waals surface area contributed by atoms with E-state index in [2.05, 4.69) is 56.7 Å². The Labute approximate surface area is 366 Å². The number of ether oxygens (including phenoxy) is 3. The van der Waals surface area contributed by atoms with Crippen molar-refractivity contribution in [3.63, 3.8) is 0 Å². The molecule has 14 heteroatoms. The lowest BCUT2D eigenvalue weighted by atomic mass is 9.87. The van der Waals surface area contributed by atoms with E-state index in [-0.39, 0.29) is 29.7 Å². The highest BCUT2D eigenvalue weighted by Crippen LogP contribution is 2.33. The van der Waals surface area contributed by atoms with E-state index < -0.39 is 0 Å². The molecule has 0 saturated carbocycles. The highest BCUT2D eigenvalue weighted by Gasteiger charge is 2.23. The van der Waals surface area contributed by atoms with Gasteiger partial charge in [0.2, 0.25) is 5.91 Å². The quantitative estimate of drug-likeness (QED) is 0.0733. The van der Waals surface area contributed by atoms with Crippen molar-refractivity contribution in [3.05, 3.63) is 113 Å². The molecule has 0 radical (unpaired) electrons. The lowest BCUT2D eigenvalue weighted by Crippen LogP contribution is -2.36. The van der Waals surface area contributed by atoms with Crippen LogP contribution in [0.4, 0.5) is 11.4 Å². The molecule has 3 N–H and O–H groups in total. The number of rotatable bonds is 24. The summed E-state index contributed by atoms with van der Waals surface area (Å²) in [6, 6.07) is 24.2. The first kappa shape index (κ1) is 47.4. The van der Waals surface area contributed by atoms with Crippen molar-refractivity contribution in [3.8, 4) is 11.3 Å². The number of benzene rings is 3. The number of hydrogen-bond acceptors (Lipinski definition) is 10. The molecule has 0 unspecified atom stereocenters. The molecule has 0 spiro atoms. The molecule has 1 heterocycles. The van der Waals surface area contributed by atoms with Gasteiger partial charge in [0.25, 0.3) is 17.7 Å². The van der Waals surface area contributed by atoms with Crippen LogP contribution >= 0.6 is 0 Å². The summed E-state index contributed by atoms with van der Waals surface area (Å²) in [5, 5.41) is 8.99. The van der Waals surface area contributed by atoms with Crippen molar-refractivity contribution in [2.75, 3.05) is 103 Å². The molecule has 14 nitrogen and oxygen atoms in total. The molecule has 62 heavy (non-hydrogen) atoms. The molecule has 1 aromatic heterocycles. The van der Waals surface area contributed by atoms with Crippen LogP contribution in [0.3, 0.4) is 0 Å². The maximum Gasteiger partial charge on any atom is 0.255 e. The number of amides is 4. The summed E-state index contributed by atoms with van der Waals surface area (Å²) in [6.07, 6.45) is 4.52. The van der Waals surface area contributed by atoms with Crippen LogP contribution in [0.2, 0.25) is 0 Å². The number of likely N-dealkylation sites (N-methyl/N-ethyl adjacent to an activating group) is 2. The summed E-state index contributed by atoms with van der Waals surface area (Å²) in [7, 11) is 3.72. The van der Waals surface area contributed by atoms with Gasteiger partial charge >= 0.3 is 0 Å². The van der Waals surface area contributed by atoms with E-state index >= 15 is 0 Å². The first-order chi connectivity index (χ1) is 30.1. The van der Waals surface area contributed by atoms with Gasteiger partial charge in [-0.1, -0.05) is 30.3 Å². The van der Waals surface area contributed by atoms with Gasteiger partial charge in [0.15, 0.2) is 0 Å². The summed E-state index contributed by atoms with van der Waals surface area (Å²) in [4.78, 5) is 62.6. The van der Waals surface area contributed by atoms with Crippen molar-refractivity contribution in [2.24, 2.45) is 0 Å². The third-order valence-corrected chi connectivity index (χ3v) is 10.9. The second-order valence-electron chi connectivity index (χ2n) is 15.3. The number of hydrogen-bond donors (Lipinski definition) is 3. The average molecular weight is 850 g/mol. The molecule has 0 bridgehead atoms. The zero-order chi connectivity index (χ0) is 44.3. The number of aryl methyl sites for hydroxylation is 1. The van der Waals surface area contributed by atoms with E-state index in [4.69, 9.17) is 14.2 Å². The molecule has 4 amide bonds. The van der Waals surface area contributed by atoms with Gasteiger partial charge in [-0.3, -0.25) is 24.2 Å². The Morgan fingerprint density at radius 3 is 2.21 bits per heavy atom. The largest absolute Gasteiger partial charge is 0.378 e. The van der Waals surface area contributed by atoms with Gasteiger partial charge < -0.3 is 44.9 Å². The topological polar surface area (TPSA) is 155 Å². The third kappa shape index (κ3) is 14.2. The summed E-state index contributed by atoms with van der Waals surface area (Å²) < 4.78 is 16.6. The molecule has 1 aliphatic rings. The van der Waals surface area contributed by atoms with Crippen LogP contribution in [-0.2, 0) is 25.4 Å². The smallest absolute Gasteiger partial charge is 0.255 e. The number of carbonyl (C=O) groups is 4. The third-order valence-electron chi connectivity index (χ3n) is 10.9. The van der Waals surface area contributed by atoms with E-state index in [9.17, 15) is 19.2 Å². The Hall–Kier alpha value is -5.67. The van der Waals surface area contributed by atoms with E-state index in [1.165, 1.54) is 12.5 Å². The molecule has 0 saturated heterocycles. The van der Waals surface area contributed by atoms with Crippen molar-refractivity contribution in [2.45, 2.75) is 46.1 Å². The van der Waals surface area contributed by atoms with Crippen LogP contribution in [0.5, 0.6) is 0 Å². The van der Waals surface area contributed by atoms with Gasteiger partial charge in [0.1, 0.15) is 0 Å². The normalized spacial score (nSPS) is 13.3. The van der Waals surface area contributed by atoms with E-state index in [1.807, 2.05) is 37.4 Å². The van der Waals surface area contributed by atoms with Gasteiger partial charge in [-0.05, 0) is 99.8 Å². The minimum Gasteiger partial charge on any atom is -0.378 e. The Morgan fingerprint density at radius 1 is 0.742 bits per heavy atom. The highest BCUT2D eigenvalue weighted by molar-refractivity contribution is 6.08. The summed E-state index contributed by atoms with van der Waals surface area (Å²) in [6.45, 7) is 12.3. The van der Waals surface area contributed by atoms with Gasteiger partial charge in [0, 0.05) is 87.4 Å². The fourth-order valence-corrected chi connectivity index (χ4v) is 7.31. The lowest BCUT2D eigenvalue weighted by molar-refractivity contribution is -0.119. The molecule has 1 atom stereocenters. The molecule has 4 aromatic rings. The molecule has 0 fully saturated rings. The van der Waals surface area contributed by atoms with Crippen molar-refractivity contribution in [1.29, 1.82) is 0 Å². The van der Waals surface area contributed by atoms with Gasteiger partial charge in [-0.25, -0.2) is 0 Å². The molecular weight excluding hydrogens is 787 g/mol. The number of anilines is 2. The maximum absolute atomic E-state index is 13.9. The van der Waals surface area contributed by atoms with Crippen LogP contribution in [0.15, 0.2) is 85.1 Å². The summed E-state index contributed by atoms with van der Waals surface area (Å²) >= 11 is 0. The van der Waals surface area contributed by atoms with Crippen molar-refractivity contribution >= 4 is 35.0 Å². The van der Waals surface area contributed by atoms with Crippen LogP contribution in [0.25, 0.3) is 11.3 Å². The van der Waals surface area contributed by atoms with E-state index in [0.29, 0.717) is 99.5 Å². The highest BCUT2D eigenvalue weighted by atomic mass is 16.5. The zero-order valence-corrected chi connectivity index (χ0v) is 36.9. The number of fused-ring (bicyclic) bond motifs is 1. The Morgan fingerprint density at radius 2 is 1.45 bits per heavy atom. The first-order valence-electron chi connectivity index (χ1n) is 21.6. The number of pyridine rings is 1. The standard InChI is InChI=1S/C48H63N7O7/c1-6-55(7-2)40-18-19-44(42(34-40)45-33-38(20-21-50-45)47(58)51-43-17-11-13-36-12-8-9-16-41(36)43)52-46(57)37-14-10-15-39(32-37)48(59)54(5)24-23-53(4)25-27-61-29-31-62-30-28-60-26-22-49-35(3)56/h8-10,12,14-16,18-21,32-34,43H,6-7,11,13,17,22-31H2,1-5H3,(H,49,56)(H,51,58)(H,52,57)/t43-/m0/s1.